The number of rotatable bonds is 6. The molecule has 1 saturated heterocycles. The molecule has 7 heteroatoms. The number of hydrogen-bond acceptors (Lipinski definition) is 6. The van der Waals surface area contributed by atoms with Crippen LogP contribution in [0.1, 0.15) is 24.0 Å². The lowest BCUT2D eigenvalue weighted by atomic mass is 9.96. The summed E-state index contributed by atoms with van der Waals surface area (Å²) in [5, 5.41) is 3.15. The van der Waals surface area contributed by atoms with Gasteiger partial charge in [0.15, 0.2) is 0 Å². The van der Waals surface area contributed by atoms with Crippen molar-refractivity contribution in [3.63, 3.8) is 0 Å². The number of methoxy groups -OCH3 is 1. The molecule has 154 valence electrons. The number of anilines is 1. The molecule has 0 atom stereocenters. The fraction of sp³-hybridized carbons (Fsp3) is 0.500. The minimum absolute atomic E-state index is 0.0685. The van der Waals surface area contributed by atoms with Gasteiger partial charge in [0, 0.05) is 57.4 Å². The SMILES string of the molecule is COc1ccnc(N2CCC(C(=O)NCCN3CCc4ccccc4C3)CC2)n1. The van der Waals surface area contributed by atoms with Crippen LogP contribution in [0.3, 0.4) is 0 Å². The third kappa shape index (κ3) is 4.85. The van der Waals surface area contributed by atoms with Gasteiger partial charge in [0.1, 0.15) is 0 Å². The van der Waals surface area contributed by atoms with Gasteiger partial charge in [-0.1, -0.05) is 24.3 Å². The van der Waals surface area contributed by atoms with Crippen LogP contribution in [0.25, 0.3) is 0 Å². The number of aromatic nitrogens is 2. The first-order valence-electron chi connectivity index (χ1n) is 10.4. The van der Waals surface area contributed by atoms with E-state index in [1.54, 1.807) is 19.4 Å². The Labute approximate surface area is 172 Å². The third-order valence-corrected chi connectivity index (χ3v) is 5.91. The molecule has 1 aromatic heterocycles. The Kier molecular flexibility index (Phi) is 6.24. The van der Waals surface area contributed by atoms with Crippen LogP contribution in [0.15, 0.2) is 36.5 Å². The molecule has 2 aromatic rings. The van der Waals surface area contributed by atoms with Crippen LogP contribution in [-0.2, 0) is 17.8 Å². The van der Waals surface area contributed by atoms with Crippen LogP contribution < -0.4 is 15.0 Å². The lowest BCUT2D eigenvalue weighted by molar-refractivity contribution is -0.125. The number of fused-ring (bicyclic) bond motifs is 1. The Hall–Kier alpha value is -2.67. The van der Waals surface area contributed by atoms with E-state index in [4.69, 9.17) is 4.74 Å². The lowest BCUT2D eigenvalue weighted by Gasteiger charge is -2.32. The van der Waals surface area contributed by atoms with Crippen LogP contribution in [-0.4, -0.2) is 60.6 Å². The molecule has 1 aromatic carbocycles. The van der Waals surface area contributed by atoms with E-state index >= 15 is 0 Å². The zero-order valence-corrected chi connectivity index (χ0v) is 17.0. The fourth-order valence-electron chi connectivity index (χ4n) is 4.17. The molecule has 1 N–H and O–H groups in total. The van der Waals surface area contributed by atoms with E-state index in [0.717, 1.165) is 52.0 Å². The van der Waals surface area contributed by atoms with Crippen LogP contribution in [0.5, 0.6) is 5.88 Å². The highest BCUT2D eigenvalue weighted by Crippen LogP contribution is 2.22. The molecule has 1 fully saturated rings. The van der Waals surface area contributed by atoms with E-state index in [9.17, 15) is 4.79 Å². The second-order valence-corrected chi connectivity index (χ2v) is 7.75. The Morgan fingerprint density at radius 2 is 1.97 bits per heavy atom. The molecular formula is C22H29N5O2. The van der Waals surface area contributed by atoms with Crippen molar-refractivity contribution in [2.75, 3.05) is 44.7 Å². The fourth-order valence-corrected chi connectivity index (χ4v) is 4.17. The highest BCUT2D eigenvalue weighted by atomic mass is 16.5. The molecule has 7 nitrogen and oxygen atoms in total. The molecule has 0 bridgehead atoms. The van der Waals surface area contributed by atoms with Crippen LogP contribution in [0.2, 0.25) is 0 Å². The first-order chi connectivity index (χ1) is 14.2. The van der Waals surface area contributed by atoms with Crippen LogP contribution >= 0.6 is 0 Å². The predicted octanol–water partition coefficient (Wildman–Crippen LogP) is 1.88. The summed E-state index contributed by atoms with van der Waals surface area (Å²) in [5.41, 5.74) is 2.87. The van der Waals surface area contributed by atoms with Crippen molar-refractivity contribution in [2.24, 2.45) is 5.92 Å². The van der Waals surface area contributed by atoms with E-state index in [1.165, 1.54) is 11.1 Å². The maximum absolute atomic E-state index is 12.6. The van der Waals surface area contributed by atoms with Gasteiger partial charge in [-0.15, -0.1) is 0 Å². The summed E-state index contributed by atoms with van der Waals surface area (Å²) < 4.78 is 5.17. The highest BCUT2D eigenvalue weighted by Gasteiger charge is 2.26. The Bertz CT molecular complexity index is 835. The van der Waals surface area contributed by atoms with Gasteiger partial charge in [0.2, 0.25) is 17.7 Å². The van der Waals surface area contributed by atoms with Crippen molar-refractivity contribution in [1.29, 1.82) is 0 Å². The summed E-state index contributed by atoms with van der Waals surface area (Å²) in [6.45, 7) is 5.22. The van der Waals surface area contributed by atoms with Crippen molar-refractivity contribution < 1.29 is 9.53 Å². The summed E-state index contributed by atoms with van der Waals surface area (Å²) in [6, 6.07) is 10.4. The van der Waals surface area contributed by atoms with Gasteiger partial charge in [0.05, 0.1) is 7.11 Å². The normalized spacial score (nSPS) is 17.6. The van der Waals surface area contributed by atoms with E-state index in [1.807, 2.05) is 0 Å². The zero-order valence-electron chi connectivity index (χ0n) is 17.0. The van der Waals surface area contributed by atoms with Gasteiger partial charge in [0.25, 0.3) is 0 Å². The number of carbonyl (C=O) groups excluding carboxylic acids is 1. The molecular weight excluding hydrogens is 366 g/mol. The number of piperidine rings is 1. The minimum atomic E-state index is 0.0685. The van der Waals surface area contributed by atoms with Crippen LogP contribution in [0.4, 0.5) is 5.95 Å². The van der Waals surface area contributed by atoms with E-state index in [2.05, 4.69) is 49.4 Å². The Balaban J connectivity index is 1.19. The van der Waals surface area contributed by atoms with Gasteiger partial charge >= 0.3 is 0 Å². The summed E-state index contributed by atoms with van der Waals surface area (Å²) >= 11 is 0. The molecule has 3 heterocycles. The lowest BCUT2D eigenvalue weighted by Crippen LogP contribution is -2.43. The molecule has 0 aliphatic carbocycles. The minimum Gasteiger partial charge on any atom is -0.481 e. The molecule has 2 aliphatic rings. The Morgan fingerprint density at radius 1 is 1.17 bits per heavy atom. The van der Waals surface area contributed by atoms with Crippen LogP contribution in [0, 0.1) is 5.92 Å². The highest BCUT2D eigenvalue weighted by molar-refractivity contribution is 5.78. The van der Waals surface area contributed by atoms with E-state index < -0.39 is 0 Å². The van der Waals surface area contributed by atoms with E-state index in [0.29, 0.717) is 18.4 Å². The number of nitrogens with zero attached hydrogens (tertiary/aromatic N) is 4. The average Bonchev–Trinajstić information content (AvgIpc) is 2.79. The first kappa shape index (κ1) is 19.6. The summed E-state index contributed by atoms with van der Waals surface area (Å²) in [7, 11) is 1.60. The molecule has 0 saturated carbocycles. The smallest absolute Gasteiger partial charge is 0.228 e. The number of amides is 1. The number of ether oxygens (including phenoxy) is 1. The second-order valence-electron chi connectivity index (χ2n) is 7.75. The van der Waals surface area contributed by atoms with Gasteiger partial charge in [-0.3, -0.25) is 9.69 Å². The van der Waals surface area contributed by atoms with Crippen molar-refractivity contribution in [3.8, 4) is 5.88 Å². The number of carbonyl (C=O) groups is 1. The molecule has 0 spiro atoms. The molecule has 29 heavy (non-hydrogen) atoms. The summed E-state index contributed by atoms with van der Waals surface area (Å²) in [4.78, 5) is 25.8. The molecule has 2 aliphatic heterocycles. The topological polar surface area (TPSA) is 70.6 Å². The molecule has 0 radical (unpaired) electrons. The van der Waals surface area contributed by atoms with Gasteiger partial charge in [-0.25, -0.2) is 4.98 Å². The average molecular weight is 396 g/mol. The Morgan fingerprint density at radius 3 is 2.76 bits per heavy atom. The molecule has 1 amide bonds. The number of hydrogen-bond donors (Lipinski definition) is 1. The standard InChI is InChI=1S/C22H29N5O2/c1-29-20-6-10-24-22(25-20)27-13-8-18(9-14-27)21(28)23-11-15-26-12-7-17-4-2-3-5-19(17)16-26/h2-6,10,18H,7-9,11-16H2,1H3,(H,23,28). The number of benzene rings is 1. The van der Waals surface area contributed by atoms with Gasteiger partial charge in [-0.2, -0.15) is 4.98 Å². The summed E-state index contributed by atoms with van der Waals surface area (Å²) in [5.74, 6) is 1.48. The maximum atomic E-state index is 12.6. The van der Waals surface area contributed by atoms with Crippen molar-refractivity contribution in [3.05, 3.63) is 47.7 Å². The largest absolute Gasteiger partial charge is 0.481 e. The zero-order chi connectivity index (χ0) is 20.1. The van der Waals surface area contributed by atoms with Crippen molar-refractivity contribution in [2.45, 2.75) is 25.8 Å². The van der Waals surface area contributed by atoms with Gasteiger partial charge in [-0.05, 0) is 30.4 Å². The number of nitrogens with one attached hydrogen (secondary N) is 1. The van der Waals surface area contributed by atoms with Crippen molar-refractivity contribution in [1.82, 2.24) is 20.2 Å². The third-order valence-electron chi connectivity index (χ3n) is 5.91. The summed E-state index contributed by atoms with van der Waals surface area (Å²) in [6.07, 6.45) is 4.45. The van der Waals surface area contributed by atoms with E-state index in [-0.39, 0.29) is 11.8 Å². The molecule has 4 rings (SSSR count). The first-order valence-corrected chi connectivity index (χ1v) is 10.4. The van der Waals surface area contributed by atoms with Gasteiger partial charge < -0.3 is 15.0 Å². The predicted molar refractivity (Wildman–Crippen MR) is 112 cm³/mol. The molecule has 0 unspecified atom stereocenters. The quantitative estimate of drug-likeness (QED) is 0.805. The maximum Gasteiger partial charge on any atom is 0.228 e. The monoisotopic (exact) mass is 395 g/mol. The second kappa shape index (κ2) is 9.22. The van der Waals surface area contributed by atoms with Crippen molar-refractivity contribution >= 4 is 11.9 Å².